The van der Waals surface area contributed by atoms with Gasteiger partial charge < -0.3 is 9.64 Å². The van der Waals surface area contributed by atoms with Crippen LogP contribution in [-0.4, -0.2) is 45.5 Å². The van der Waals surface area contributed by atoms with Crippen LogP contribution in [0, 0.1) is 17.2 Å². The first kappa shape index (κ1) is 16.9. The summed E-state index contributed by atoms with van der Waals surface area (Å²) in [5.41, 5.74) is 0.00559. The van der Waals surface area contributed by atoms with Gasteiger partial charge in [-0.15, -0.1) is 15.3 Å². The van der Waals surface area contributed by atoms with E-state index in [0.717, 1.165) is 0 Å². The summed E-state index contributed by atoms with van der Waals surface area (Å²) in [5, 5.41) is 19.0. The minimum Gasteiger partial charge on any atom is -0.450 e. The van der Waals surface area contributed by atoms with Gasteiger partial charge in [0.2, 0.25) is 0 Å². The largest absolute Gasteiger partial charge is 0.453 e. The molecule has 0 saturated carbocycles. The van der Waals surface area contributed by atoms with Gasteiger partial charge in [0.25, 0.3) is 5.82 Å². The summed E-state index contributed by atoms with van der Waals surface area (Å²) in [5.74, 6) is -1.59. The monoisotopic (exact) mass is 354 g/mol. The van der Waals surface area contributed by atoms with Crippen molar-refractivity contribution in [3.05, 3.63) is 18.0 Å². The Morgan fingerprint density at radius 2 is 2.04 bits per heavy atom. The molecule has 1 aliphatic rings. The van der Waals surface area contributed by atoms with Crippen molar-refractivity contribution in [2.75, 3.05) is 24.6 Å². The molecule has 2 aromatic rings. The SMILES string of the molecule is N#CCOC(=O)C1CCN(c2ccc3nnc(C(F)(F)F)n3n2)CC1. The summed E-state index contributed by atoms with van der Waals surface area (Å²) in [7, 11) is 0. The third-order valence-corrected chi connectivity index (χ3v) is 3.93. The van der Waals surface area contributed by atoms with Gasteiger partial charge in [-0.05, 0) is 25.0 Å². The zero-order valence-electron chi connectivity index (χ0n) is 12.9. The number of carbonyl (C=O) groups excluding carboxylic acids is 1. The number of piperidine rings is 1. The van der Waals surface area contributed by atoms with Crippen molar-refractivity contribution in [3.63, 3.8) is 0 Å². The lowest BCUT2D eigenvalue weighted by molar-refractivity contribution is -0.148. The van der Waals surface area contributed by atoms with Crippen LogP contribution in [-0.2, 0) is 15.7 Å². The van der Waals surface area contributed by atoms with E-state index in [1.807, 2.05) is 0 Å². The molecule has 0 radical (unpaired) electrons. The summed E-state index contributed by atoms with van der Waals surface area (Å²) in [6.07, 6.45) is -3.71. The lowest BCUT2D eigenvalue weighted by atomic mass is 9.97. The zero-order valence-corrected chi connectivity index (χ0v) is 12.9. The Labute approximate surface area is 139 Å². The smallest absolute Gasteiger partial charge is 0.450 e. The molecule has 8 nitrogen and oxygen atoms in total. The first-order valence-corrected chi connectivity index (χ1v) is 7.48. The summed E-state index contributed by atoms with van der Waals surface area (Å²) in [4.78, 5) is 13.5. The predicted octanol–water partition coefficient (Wildman–Crippen LogP) is 1.43. The van der Waals surface area contributed by atoms with E-state index in [-0.39, 0.29) is 18.2 Å². The number of fused-ring (bicyclic) bond motifs is 1. The summed E-state index contributed by atoms with van der Waals surface area (Å²) in [6.45, 7) is 0.591. The molecule has 0 atom stereocenters. The molecule has 0 amide bonds. The highest BCUT2D eigenvalue weighted by molar-refractivity contribution is 5.73. The maximum atomic E-state index is 12.9. The summed E-state index contributed by atoms with van der Waals surface area (Å²) < 4.78 is 44.2. The van der Waals surface area contributed by atoms with E-state index in [4.69, 9.17) is 10.00 Å². The van der Waals surface area contributed by atoms with Crippen molar-refractivity contribution < 1.29 is 22.7 Å². The lowest BCUT2D eigenvalue weighted by Gasteiger charge is -2.31. The van der Waals surface area contributed by atoms with Crippen molar-refractivity contribution in [1.82, 2.24) is 19.8 Å². The van der Waals surface area contributed by atoms with Gasteiger partial charge in [0, 0.05) is 13.1 Å². The third kappa shape index (κ3) is 3.47. The van der Waals surface area contributed by atoms with Crippen molar-refractivity contribution in [1.29, 1.82) is 5.26 Å². The predicted molar refractivity (Wildman–Crippen MR) is 77.3 cm³/mol. The van der Waals surface area contributed by atoms with Gasteiger partial charge in [0.15, 0.2) is 12.3 Å². The quantitative estimate of drug-likeness (QED) is 0.769. The number of hydrogen-bond donors (Lipinski definition) is 0. The molecule has 0 spiro atoms. The molecule has 0 aliphatic carbocycles. The maximum absolute atomic E-state index is 12.9. The number of halogens is 3. The molecule has 3 heterocycles. The van der Waals surface area contributed by atoms with Crippen molar-refractivity contribution in [3.8, 4) is 6.07 Å². The normalized spacial score (nSPS) is 16.0. The van der Waals surface area contributed by atoms with Gasteiger partial charge in [-0.3, -0.25) is 4.79 Å². The minimum atomic E-state index is -4.65. The summed E-state index contributed by atoms with van der Waals surface area (Å²) >= 11 is 0. The van der Waals surface area contributed by atoms with Crippen LogP contribution in [0.4, 0.5) is 19.0 Å². The van der Waals surface area contributed by atoms with E-state index in [1.165, 1.54) is 6.07 Å². The highest BCUT2D eigenvalue weighted by Crippen LogP contribution is 2.28. The number of aromatic nitrogens is 4. The van der Waals surface area contributed by atoms with Crippen LogP contribution in [0.1, 0.15) is 18.7 Å². The van der Waals surface area contributed by atoms with Gasteiger partial charge in [0.05, 0.1) is 5.92 Å². The van der Waals surface area contributed by atoms with Crippen molar-refractivity contribution in [2.45, 2.75) is 19.0 Å². The van der Waals surface area contributed by atoms with E-state index < -0.39 is 18.0 Å². The van der Waals surface area contributed by atoms with Crippen LogP contribution in [0.2, 0.25) is 0 Å². The fraction of sp³-hybridized carbons (Fsp3) is 0.500. The molecule has 1 fully saturated rings. The van der Waals surface area contributed by atoms with Crippen molar-refractivity contribution >= 4 is 17.4 Å². The fourth-order valence-corrected chi connectivity index (χ4v) is 2.69. The maximum Gasteiger partial charge on any atom is 0.453 e. The number of ether oxygens (including phenoxy) is 1. The number of alkyl halides is 3. The second-order valence-corrected chi connectivity index (χ2v) is 5.51. The van der Waals surface area contributed by atoms with E-state index in [9.17, 15) is 18.0 Å². The Morgan fingerprint density at radius 1 is 1.32 bits per heavy atom. The van der Waals surface area contributed by atoms with Crippen LogP contribution in [0.5, 0.6) is 0 Å². The van der Waals surface area contributed by atoms with Crippen LogP contribution >= 0.6 is 0 Å². The van der Waals surface area contributed by atoms with Gasteiger partial charge in [-0.2, -0.15) is 22.9 Å². The zero-order chi connectivity index (χ0) is 18.0. The molecule has 132 valence electrons. The highest BCUT2D eigenvalue weighted by Gasteiger charge is 2.38. The summed E-state index contributed by atoms with van der Waals surface area (Å²) in [6, 6.07) is 4.72. The third-order valence-electron chi connectivity index (χ3n) is 3.93. The number of hydrogen-bond acceptors (Lipinski definition) is 7. The molecule has 0 unspecified atom stereocenters. The number of anilines is 1. The van der Waals surface area contributed by atoms with Crippen LogP contribution < -0.4 is 4.90 Å². The van der Waals surface area contributed by atoms with E-state index >= 15 is 0 Å². The average Bonchev–Trinajstić information content (AvgIpc) is 3.03. The molecule has 2 aromatic heterocycles. The molecule has 3 rings (SSSR count). The number of rotatable bonds is 3. The van der Waals surface area contributed by atoms with Gasteiger partial charge >= 0.3 is 12.1 Å². The van der Waals surface area contributed by atoms with Crippen LogP contribution in [0.3, 0.4) is 0 Å². The Kier molecular flexibility index (Phi) is 4.43. The molecule has 25 heavy (non-hydrogen) atoms. The minimum absolute atomic E-state index is 0.00559. The molecule has 0 N–H and O–H groups in total. The Morgan fingerprint density at radius 3 is 2.68 bits per heavy atom. The van der Waals surface area contributed by atoms with E-state index in [1.54, 1.807) is 17.0 Å². The second kappa shape index (κ2) is 6.54. The molecule has 1 saturated heterocycles. The molecule has 0 aromatic carbocycles. The Hall–Kier alpha value is -2.90. The second-order valence-electron chi connectivity index (χ2n) is 5.51. The number of nitrogens with zero attached hydrogens (tertiary/aromatic N) is 6. The first-order valence-electron chi connectivity index (χ1n) is 7.48. The van der Waals surface area contributed by atoms with Gasteiger partial charge in [0.1, 0.15) is 11.9 Å². The number of esters is 1. The number of nitriles is 1. The Bertz CT molecular complexity index is 820. The van der Waals surface area contributed by atoms with Gasteiger partial charge in [-0.25, -0.2) is 0 Å². The van der Waals surface area contributed by atoms with E-state index in [2.05, 4.69) is 15.3 Å². The molecule has 11 heteroatoms. The Balaban J connectivity index is 1.73. The van der Waals surface area contributed by atoms with Crippen LogP contribution in [0.25, 0.3) is 5.65 Å². The molecular formula is C14H13F3N6O2. The van der Waals surface area contributed by atoms with Gasteiger partial charge in [-0.1, -0.05) is 0 Å². The van der Waals surface area contributed by atoms with E-state index in [0.29, 0.717) is 36.3 Å². The topological polar surface area (TPSA) is 96.4 Å². The highest BCUT2D eigenvalue weighted by atomic mass is 19.4. The first-order chi connectivity index (χ1) is 11.9. The fourth-order valence-electron chi connectivity index (χ4n) is 2.69. The average molecular weight is 354 g/mol. The molecule has 0 bridgehead atoms. The molecular weight excluding hydrogens is 341 g/mol. The van der Waals surface area contributed by atoms with Crippen LogP contribution in [0.15, 0.2) is 12.1 Å². The lowest BCUT2D eigenvalue weighted by Crippen LogP contribution is -2.37. The standard InChI is InChI=1S/C14H13F3N6O2/c15-14(16,17)13-20-19-10-1-2-11(21-23(10)13)22-6-3-9(4-7-22)12(24)25-8-5-18/h1-2,9H,3-4,6-8H2. The van der Waals surface area contributed by atoms with Crippen molar-refractivity contribution in [2.24, 2.45) is 5.92 Å². The number of carbonyl (C=O) groups is 1. The molecule has 1 aliphatic heterocycles.